The van der Waals surface area contributed by atoms with Crippen molar-refractivity contribution in [3.05, 3.63) is 64.7 Å². The van der Waals surface area contributed by atoms with Crippen molar-refractivity contribution in [2.24, 2.45) is 0 Å². The second-order valence-electron chi connectivity index (χ2n) is 5.92. The first-order valence-electron chi connectivity index (χ1n) is 7.63. The summed E-state index contributed by atoms with van der Waals surface area (Å²) in [6, 6.07) is 15.4. The first kappa shape index (κ1) is 13.2. The fourth-order valence-corrected chi connectivity index (χ4v) is 3.24. The van der Waals surface area contributed by atoms with Gasteiger partial charge in [-0.05, 0) is 61.4 Å². The summed E-state index contributed by atoms with van der Waals surface area (Å²) in [5.74, 6) is 0.653. The normalized spacial score (nSPS) is 17.6. The molecule has 1 N–H and O–H groups in total. The number of hydrogen-bond acceptors (Lipinski definition) is 1. The van der Waals surface area contributed by atoms with Gasteiger partial charge in [0.25, 0.3) is 0 Å². The summed E-state index contributed by atoms with van der Waals surface area (Å²) in [6.07, 6.45) is 3.86. The molecular weight excluding hydrogens is 242 g/mol. The SMILES string of the molecule is Cc1cccc(NCC2CCCc3ccccc32)c1C. The summed E-state index contributed by atoms with van der Waals surface area (Å²) in [5.41, 5.74) is 7.12. The smallest absolute Gasteiger partial charge is 0.0372 e. The predicted octanol–water partition coefficient (Wildman–Crippen LogP) is 4.84. The summed E-state index contributed by atoms with van der Waals surface area (Å²) < 4.78 is 0. The second kappa shape index (κ2) is 5.70. The molecule has 0 fully saturated rings. The van der Waals surface area contributed by atoms with Crippen LogP contribution in [-0.4, -0.2) is 6.54 Å². The zero-order valence-corrected chi connectivity index (χ0v) is 12.4. The Bertz CT molecular complexity index is 600. The highest BCUT2D eigenvalue weighted by Crippen LogP contribution is 2.32. The first-order chi connectivity index (χ1) is 9.75. The van der Waals surface area contributed by atoms with E-state index in [1.807, 2.05) is 0 Å². The van der Waals surface area contributed by atoms with E-state index in [-0.39, 0.29) is 0 Å². The van der Waals surface area contributed by atoms with Gasteiger partial charge in [0.15, 0.2) is 0 Å². The minimum atomic E-state index is 0.653. The minimum absolute atomic E-state index is 0.653. The first-order valence-corrected chi connectivity index (χ1v) is 7.63. The summed E-state index contributed by atoms with van der Waals surface area (Å²) in [5, 5.41) is 3.66. The molecule has 2 aromatic carbocycles. The van der Waals surface area contributed by atoms with Crippen LogP contribution in [0.2, 0.25) is 0 Å². The molecule has 20 heavy (non-hydrogen) atoms. The Morgan fingerprint density at radius 3 is 2.80 bits per heavy atom. The van der Waals surface area contributed by atoms with E-state index in [1.165, 1.54) is 36.1 Å². The van der Waals surface area contributed by atoms with Gasteiger partial charge >= 0.3 is 0 Å². The highest BCUT2D eigenvalue weighted by atomic mass is 14.9. The van der Waals surface area contributed by atoms with Gasteiger partial charge in [-0.2, -0.15) is 0 Å². The molecule has 104 valence electrons. The van der Waals surface area contributed by atoms with Gasteiger partial charge in [-0.1, -0.05) is 36.4 Å². The maximum Gasteiger partial charge on any atom is 0.0372 e. The molecule has 1 atom stereocenters. The van der Waals surface area contributed by atoms with Crippen LogP contribution in [0.3, 0.4) is 0 Å². The Morgan fingerprint density at radius 1 is 1.05 bits per heavy atom. The van der Waals surface area contributed by atoms with Crippen LogP contribution in [0, 0.1) is 13.8 Å². The molecule has 0 amide bonds. The molecule has 0 aliphatic heterocycles. The Balaban J connectivity index is 1.75. The zero-order chi connectivity index (χ0) is 13.9. The van der Waals surface area contributed by atoms with Crippen molar-refractivity contribution >= 4 is 5.69 Å². The Labute approximate surface area is 122 Å². The third kappa shape index (κ3) is 2.58. The van der Waals surface area contributed by atoms with Crippen molar-refractivity contribution in [1.82, 2.24) is 0 Å². The molecule has 0 heterocycles. The van der Waals surface area contributed by atoms with Crippen molar-refractivity contribution in [2.45, 2.75) is 39.0 Å². The van der Waals surface area contributed by atoms with Crippen LogP contribution < -0.4 is 5.32 Å². The quantitative estimate of drug-likeness (QED) is 0.837. The Hall–Kier alpha value is -1.76. The summed E-state index contributed by atoms with van der Waals surface area (Å²) in [4.78, 5) is 0. The maximum atomic E-state index is 3.66. The van der Waals surface area contributed by atoms with Crippen molar-refractivity contribution in [3.8, 4) is 0 Å². The van der Waals surface area contributed by atoms with Crippen molar-refractivity contribution in [3.63, 3.8) is 0 Å². The van der Waals surface area contributed by atoms with E-state index in [9.17, 15) is 0 Å². The molecule has 0 radical (unpaired) electrons. The maximum absolute atomic E-state index is 3.66. The van der Waals surface area contributed by atoms with Gasteiger partial charge in [0, 0.05) is 18.2 Å². The van der Waals surface area contributed by atoms with Crippen molar-refractivity contribution < 1.29 is 0 Å². The fourth-order valence-electron chi connectivity index (χ4n) is 3.24. The lowest BCUT2D eigenvalue weighted by Crippen LogP contribution is -2.18. The van der Waals surface area contributed by atoms with Crippen LogP contribution in [0.5, 0.6) is 0 Å². The molecule has 0 spiro atoms. The largest absolute Gasteiger partial charge is 0.384 e. The highest BCUT2D eigenvalue weighted by Gasteiger charge is 2.19. The van der Waals surface area contributed by atoms with E-state index in [4.69, 9.17) is 0 Å². The number of fused-ring (bicyclic) bond motifs is 1. The van der Waals surface area contributed by atoms with Gasteiger partial charge in [-0.15, -0.1) is 0 Å². The van der Waals surface area contributed by atoms with Gasteiger partial charge in [-0.25, -0.2) is 0 Å². The van der Waals surface area contributed by atoms with E-state index in [0.717, 1.165) is 6.54 Å². The highest BCUT2D eigenvalue weighted by molar-refractivity contribution is 5.54. The zero-order valence-electron chi connectivity index (χ0n) is 12.4. The minimum Gasteiger partial charge on any atom is -0.384 e. The topological polar surface area (TPSA) is 12.0 Å². The Kier molecular flexibility index (Phi) is 3.77. The lowest BCUT2D eigenvalue weighted by atomic mass is 9.83. The van der Waals surface area contributed by atoms with Crippen LogP contribution in [0.15, 0.2) is 42.5 Å². The second-order valence-corrected chi connectivity index (χ2v) is 5.92. The molecule has 1 unspecified atom stereocenters. The molecule has 1 nitrogen and oxygen atoms in total. The third-order valence-electron chi connectivity index (χ3n) is 4.64. The molecule has 0 aromatic heterocycles. The fraction of sp³-hybridized carbons (Fsp3) is 0.368. The molecular formula is C19H23N. The Morgan fingerprint density at radius 2 is 1.90 bits per heavy atom. The molecule has 0 bridgehead atoms. The van der Waals surface area contributed by atoms with E-state index in [1.54, 1.807) is 11.1 Å². The lowest BCUT2D eigenvalue weighted by Gasteiger charge is -2.26. The molecule has 1 heteroatoms. The summed E-state index contributed by atoms with van der Waals surface area (Å²) in [7, 11) is 0. The van der Waals surface area contributed by atoms with E-state index >= 15 is 0 Å². The molecule has 1 aliphatic carbocycles. The van der Waals surface area contributed by atoms with E-state index < -0.39 is 0 Å². The van der Waals surface area contributed by atoms with Gasteiger partial charge in [0.2, 0.25) is 0 Å². The molecule has 1 aliphatic rings. The van der Waals surface area contributed by atoms with Crippen LogP contribution in [-0.2, 0) is 6.42 Å². The van der Waals surface area contributed by atoms with Gasteiger partial charge in [0.05, 0.1) is 0 Å². The van der Waals surface area contributed by atoms with Crippen molar-refractivity contribution in [2.75, 3.05) is 11.9 Å². The van der Waals surface area contributed by atoms with Crippen LogP contribution >= 0.6 is 0 Å². The number of benzene rings is 2. The van der Waals surface area contributed by atoms with Crippen molar-refractivity contribution in [1.29, 1.82) is 0 Å². The van der Waals surface area contributed by atoms with E-state index in [0.29, 0.717) is 5.92 Å². The van der Waals surface area contributed by atoms with Crippen LogP contribution in [0.25, 0.3) is 0 Å². The van der Waals surface area contributed by atoms with Crippen LogP contribution in [0.4, 0.5) is 5.69 Å². The summed E-state index contributed by atoms with van der Waals surface area (Å²) in [6.45, 7) is 5.42. The standard InChI is InChI=1S/C19H23N/c1-14-7-5-12-19(15(14)2)20-13-17-10-6-9-16-8-3-4-11-18(16)17/h3-5,7-8,11-12,17,20H,6,9-10,13H2,1-2H3. The number of nitrogens with one attached hydrogen (secondary N) is 1. The van der Waals surface area contributed by atoms with E-state index in [2.05, 4.69) is 61.6 Å². The lowest BCUT2D eigenvalue weighted by molar-refractivity contribution is 0.571. The summed E-state index contributed by atoms with van der Waals surface area (Å²) >= 11 is 0. The van der Waals surface area contributed by atoms with Gasteiger partial charge in [-0.3, -0.25) is 0 Å². The predicted molar refractivity (Wildman–Crippen MR) is 86.5 cm³/mol. The number of hydrogen-bond donors (Lipinski definition) is 1. The monoisotopic (exact) mass is 265 g/mol. The molecule has 0 saturated heterocycles. The molecule has 3 rings (SSSR count). The molecule has 2 aromatic rings. The third-order valence-corrected chi connectivity index (χ3v) is 4.64. The number of rotatable bonds is 3. The molecule has 0 saturated carbocycles. The average Bonchev–Trinajstić information content (AvgIpc) is 2.49. The number of aryl methyl sites for hydroxylation is 2. The van der Waals surface area contributed by atoms with Gasteiger partial charge < -0.3 is 5.32 Å². The number of anilines is 1. The van der Waals surface area contributed by atoms with Crippen LogP contribution in [0.1, 0.15) is 41.0 Å². The van der Waals surface area contributed by atoms with Gasteiger partial charge in [0.1, 0.15) is 0 Å². The average molecular weight is 265 g/mol.